The van der Waals surface area contributed by atoms with Gasteiger partial charge >= 0.3 is 0 Å². The summed E-state index contributed by atoms with van der Waals surface area (Å²) >= 11 is 0. The molecule has 1 heterocycles. The van der Waals surface area contributed by atoms with Crippen LogP contribution in [0.25, 0.3) is 0 Å². The fourth-order valence-corrected chi connectivity index (χ4v) is 2.74. The normalized spacial score (nSPS) is 11.3. The van der Waals surface area contributed by atoms with Crippen molar-refractivity contribution in [2.24, 2.45) is 0 Å². The number of methoxy groups -OCH3 is 1. The Morgan fingerprint density at radius 3 is 2.67 bits per heavy atom. The third-order valence-electron chi connectivity index (χ3n) is 2.75. The van der Waals surface area contributed by atoms with Crippen molar-refractivity contribution in [1.29, 1.82) is 0 Å². The van der Waals surface area contributed by atoms with Crippen molar-refractivity contribution >= 4 is 15.7 Å². The van der Waals surface area contributed by atoms with Gasteiger partial charge in [0.25, 0.3) is 10.0 Å². The first kappa shape index (κ1) is 15.4. The molecule has 0 amide bonds. The molecule has 0 aliphatic carbocycles. The average molecular weight is 308 g/mol. The van der Waals surface area contributed by atoms with Crippen LogP contribution in [-0.4, -0.2) is 25.6 Å². The van der Waals surface area contributed by atoms with Crippen molar-refractivity contribution in [2.75, 3.05) is 11.8 Å². The molecule has 0 saturated carbocycles. The van der Waals surface area contributed by atoms with Crippen LogP contribution in [0.4, 0.5) is 5.69 Å². The second kappa shape index (κ2) is 6.66. The number of aliphatic hydroxyl groups excluding tert-OH is 1. The molecule has 7 heteroatoms. The molecule has 0 spiro atoms. The van der Waals surface area contributed by atoms with E-state index in [9.17, 15) is 8.42 Å². The minimum Gasteiger partial charge on any atom is -0.392 e. The van der Waals surface area contributed by atoms with Crippen LogP contribution in [0.5, 0.6) is 0 Å². The van der Waals surface area contributed by atoms with E-state index in [1.54, 1.807) is 25.3 Å². The van der Waals surface area contributed by atoms with Gasteiger partial charge in [-0.05, 0) is 29.3 Å². The molecule has 21 heavy (non-hydrogen) atoms. The van der Waals surface area contributed by atoms with Crippen molar-refractivity contribution in [1.82, 2.24) is 4.98 Å². The van der Waals surface area contributed by atoms with Gasteiger partial charge in [-0.3, -0.25) is 4.72 Å². The fourth-order valence-electron chi connectivity index (χ4n) is 1.76. The lowest BCUT2D eigenvalue weighted by Crippen LogP contribution is -2.14. The zero-order valence-electron chi connectivity index (χ0n) is 11.5. The van der Waals surface area contributed by atoms with Gasteiger partial charge < -0.3 is 9.84 Å². The van der Waals surface area contributed by atoms with Gasteiger partial charge in [0, 0.05) is 19.0 Å². The Hall–Kier alpha value is -1.96. The lowest BCUT2D eigenvalue weighted by Gasteiger charge is -2.09. The molecule has 2 rings (SSSR count). The number of nitrogens with zero attached hydrogens (tertiary/aromatic N) is 1. The summed E-state index contributed by atoms with van der Waals surface area (Å²) in [5.74, 6) is 0. The number of aromatic nitrogens is 1. The molecule has 0 fully saturated rings. The van der Waals surface area contributed by atoms with E-state index >= 15 is 0 Å². The number of benzene rings is 1. The van der Waals surface area contributed by atoms with E-state index in [1.165, 1.54) is 18.3 Å². The predicted molar refractivity (Wildman–Crippen MR) is 78.1 cm³/mol. The predicted octanol–water partition coefficient (Wildman–Crippen LogP) is 1.52. The first-order chi connectivity index (χ1) is 10.0. The summed E-state index contributed by atoms with van der Waals surface area (Å²) in [5.41, 5.74) is 1.86. The lowest BCUT2D eigenvalue weighted by molar-refractivity contribution is 0.185. The van der Waals surface area contributed by atoms with Crippen LogP contribution >= 0.6 is 0 Å². The van der Waals surface area contributed by atoms with E-state index < -0.39 is 10.0 Å². The summed E-state index contributed by atoms with van der Waals surface area (Å²) in [6, 6.07) is 9.81. The van der Waals surface area contributed by atoms with Gasteiger partial charge in [0.2, 0.25) is 0 Å². The van der Waals surface area contributed by atoms with E-state index in [-0.39, 0.29) is 11.6 Å². The molecule has 0 bridgehead atoms. The van der Waals surface area contributed by atoms with Crippen molar-refractivity contribution < 1.29 is 18.3 Å². The third-order valence-corrected chi connectivity index (χ3v) is 4.04. The van der Waals surface area contributed by atoms with Gasteiger partial charge in [-0.15, -0.1) is 0 Å². The molecule has 112 valence electrons. The summed E-state index contributed by atoms with van der Waals surface area (Å²) < 4.78 is 31.9. The molecule has 0 saturated heterocycles. The topological polar surface area (TPSA) is 88.5 Å². The first-order valence-corrected chi connectivity index (χ1v) is 7.70. The number of rotatable bonds is 6. The number of nitrogens with one attached hydrogen (secondary N) is 1. The SMILES string of the molecule is COCc1cccc(NS(=O)(=O)c2ccc(CO)cn2)c1. The molecule has 0 unspecified atom stereocenters. The molecule has 2 aromatic rings. The smallest absolute Gasteiger partial charge is 0.279 e. The second-order valence-corrected chi connectivity index (χ2v) is 6.03. The molecule has 1 aromatic heterocycles. The third kappa shape index (κ3) is 4.01. The molecule has 0 aliphatic rings. The zero-order chi connectivity index (χ0) is 15.3. The molecule has 0 radical (unpaired) electrons. The Labute approximate surface area is 123 Å². The van der Waals surface area contributed by atoms with E-state index in [0.717, 1.165) is 5.56 Å². The fraction of sp³-hybridized carbons (Fsp3) is 0.214. The maximum absolute atomic E-state index is 12.2. The number of sulfonamides is 1. The van der Waals surface area contributed by atoms with Crippen molar-refractivity contribution in [3.05, 3.63) is 53.7 Å². The summed E-state index contributed by atoms with van der Waals surface area (Å²) in [6.45, 7) is 0.221. The number of pyridine rings is 1. The molecule has 2 N–H and O–H groups in total. The standard InChI is InChI=1S/C14H16N2O4S/c1-20-10-11-3-2-4-13(7-11)16-21(18,19)14-6-5-12(9-17)8-15-14/h2-8,16-17H,9-10H2,1H3. The van der Waals surface area contributed by atoms with E-state index in [4.69, 9.17) is 9.84 Å². The van der Waals surface area contributed by atoms with Crippen LogP contribution in [0.1, 0.15) is 11.1 Å². The first-order valence-electron chi connectivity index (χ1n) is 6.21. The molecule has 0 atom stereocenters. The van der Waals surface area contributed by atoms with Crippen molar-refractivity contribution in [2.45, 2.75) is 18.2 Å². The summed E-state index contributed by atoms with van der Waals surface area (Å²) in [5, 5.41) is 8.83. The Bertz CT molecular complexity index is 699. The van der Waals surface area contributed by atoms with Gasteiger partial charge in [0.1, 0.15) is 0 Å². The van der Waals surface area contributed by atoms with Crippen LogP contribution in [0.3, 0.4) is 0 Å². The van der Waals surface area contributed by atoms with Crippen LogP contribution in [0, 0.1) is 0 Å². The Kier molecular flexibility index (Phi) is 4.89. The van der Waals surface area contributed by atoms with Gasteiger partial charge in [0.15, 0.2) is 5.03 Å². The highest BCUT2D eigenvalue weighted by molar-refractivity contribution is 7.92. The van der Waals surface area contributed by atoms with E-state index in [2.05, 4.69) is 9.71 Å². The number of hydrogen-bond acceptors (Lipinski definition) is 5. The van der Waals surface area contributed by atoms with Gasteiger partial charge in [-0.2, -0.15) is 8.42 Å². The largest absolute Gasteiger partial charge is 0.392 e. The minimum absolute atomic E-state index is 0.100. The second-order valence-electron chi connectivity index (χ2n) is 4.40. The molecular formula is C14H16N2O4S. The summed E-state index contributed by atoms with van der Waals surface area (Å²) in [6.07, 6.45) is 1.33. The van der Waals surface area contributed by atoms with Crippen LogP contribution in [-0.2, 0) is 28.0 Å². The quantitative estimate of drug-likeness (QED) is 0.844. The average Bonchev–Trinajstić information content (AvgIpc) is 2.47. The lowest BCUT2D eigenvalue weighted by atomic mass is 10.2. The number of aliphatic hydroxyl groups is 1. The van der Waals surface area contributed by atoms with Gasteiger partial charge in [-0.1, -0.05) is 18.2 Å². The van der Waals surface area contributed by atoms with Crippen LogP contribution in [0.2, 0.25) is 0 Å². The highest BCUT2D eigenvalue weighted by Crippen LogP contribution is 2.16. The Morgan fingerprint density at radius 2 is 2.05 bits per heavy atom. The number of ether oxygens (including phenoxy) is 1. The molecular weight excluding hydrogens is 292 g/mol. The number of anilines is 1. The van der Waals surface area contributed by atoms with Gasteiger partial charge in [-0.25, -0.2) is 4.98 Å². The van der Waals surface area contributed by atoms with Crippen molar-refractivity contribution in [3.63, 3.8) is 0 Å². The van der Waals surface area contributed by atoms with E-state index in [1.807, 2.05) is 6.07 Å². The summed E-state index contributed by atoms with van der Waals surface area (Å²) in [4.78, 5) is 3.84. The highest BCUT2D eigenvalue weighted by Gasteiger charge is 2.15. The van der Waals surface area contributed by atoms with Crippen molar-refractivity contribution in [3.8, 4) is 0 Å². The maximum Gasteiger partial charge on any atom is 0.279 e. The monoisotopic (exact) mass is 308 g/mol. The molecule has 6 nitrogen and oxygen atoms in total. The minimum atomic E-state index is -3.75. The molecule has 0 aliphatic heterocycles. The van der Waals surface area contributed by atoms with E-state index in [0.29, 0.717) is 17.9 Å². The highest BCUT2D eigenvalue weighted by atomic mass is 32.2. The number of hydrogen-bond donors (Lipinski definition) is 2. The maximum atomic E-state index is 12.2. The Balaban J connectivity index is 2.21. The zero-order valence-corrected chi connectivity index (χ0v) is 12.3. The van der Waals surface area contributed by atoms with Crippen LogP contribution < -0.4 is 4.72 Å². The van der Waals surface area contributed by atoms with Gasteiger partial charge in [0.05, 0.1) is 13.2 Å². The van der Waals surface area contributed by atoms with Crippen LogP contribution in [0.15, 0.2) is 47.6 Å². The molecule has 1 aromatic carbocycles. The summed E-state index contributed by atoms with van der Waals surface area (Å²) in [7, 11) is -2.18. The Morgan fingerprint density at radius 1 is 1.24 bits per heavy atom.